The number of hydrogen-bond acceptors (Lipinski definition) is 3. The zero-order valence-corrected chi connectivity index (χ0v) is 9.09. The van der Waals surface area contributed by atoms with Crippen molar-refractivity contribution < 1.29 is 0 Å². The number of rotatable bonds is 2. The number of nitrogens with two attached hydrogens (primary N) is 1. The second-order valence-electron chi connectivity index (χ2n) is 3.59. The molecule has 0 amide bonds. The molecule has 0 saturated carbocycles. The number of para-hydroxylation sites is 1. The second kappa shape index (κ2) is 4.57. The summed E-state index contributed by atoms with van der Waals surface area (Å²) in [5.41, 5.74) is 9.12. The summed E-state index contributed by atoms with van der Waals surface area (Å²) in [6.07, 6.45) is 0. The van der Waals surface area contributed by atoms with E-state index in [1.165, 1.54) is 5.56 Å². The highest BCUT2D eigenvalue weighted by Crippen LogP contribution is 2.23. The Balaban J connectivity index is 2.21. The lowest BCUT2D eigenvalue weighted by atomic mass is 10.2. The standard InChI is InChI=1S/C13H13N3/c1-10-6-8-11(9-7-10)15-16-13-5-3-2-4-12(13)14/h2-9H,14H2,1H3. The van der Waals surface area contributed by atoms with Gasteiger partial charge < -0.3 is 5.73 Å². The first-order valence-corrected chi connectivity index (χ1v) is 5.08. The topological polar surface area (TPSA) is 50.7 Å². The smallest absolute Gasteiger partial charge is 0.109 e. The molecule has 0 radical (unpaired) electrons. The maximum Gasteiger partial charge on any atom is 0.109 e. The van der Waals surface area contributed by atoms with Gasteiger partial charge in [-0.05, 0) is 31.2 Å². The predicted molar refractivity (Wildman–Crippen MR) is 66.2 cm³/mol. The molecule has 0 heterocycles. The van der Waals surface area contributed by atoms with E-state index in [1.807, 2.05) is 55.5 Å². The Morgan fingerprint density at radius 1 is 0.875 bits per heavy atom. The third-order valence-corrected chi connectivity index (χ3v) is 2.24. The lowest BCUT2D eigenvalue weighted by Gasteiger charge is -1.97. The average molecular weight is 211 g/mol. The van der Waals surface area contributed by atoms with Crippen LogP contribution < -0.4 is 5.73 Å². The van der Waals surface area contributed by atoms with Crippen molar-refractivity contribution in [3.63, 3.8) is 0 Å². The fourth-order valence-electron chi connectivity index (χ4n) is 1.30. The summed E-state index contributed by atoms with van der Waals surface area (Å²) in [5.74, 6) is 0. The third-order valence-electron chi connectivity index (χ3n) is 2.24. The van der Waals surface area contributed by atoms with Crippen LogP contribution >= 0.6 is 0 Å². The van der Waals surface area contributed by atoms with Gasteiger partial charge in [-0.2, -0.15) is 5.11 Å². The van der Waals surface area contributed by atoms with Gasteiger partial charge in [0.1, 0.15) is 5.69 Å². The van der Waals surface area contributed by atoms with E-state index in [4.69, 9.17) is 5.73 Å². The highest BCUT2D eigenvalue weighted by atomic mass is 15.1. The minimum absolute atomic E-state index is 0.637. The van der Waals surface area contributed by atoms with Crippen molar-refractivity contribution in [2.24, 2.45) is 10.2 Å². The Bertz CT molecular complexity index is 501. The third kappa shape index (κ3) is 2.45. The number of hydrogen-bond donors (Lipinski definition) is 1. The van der Waals surface area contributed by atoms with Crippen molar-refractivity contribution in [1.82, 2.24) is 0 Å². The van der Waals surface area contributed by atoms with Crippen LogP contribution in [-0.4, -0.2) is 0 Å². The average Bonchev–Trinajstić information content (AvgIpc) is 2.30. The molecule has 2 aromatic rings. The van der Waals surface area contributed by atoms with E-state index in [9.17, 15) is 0 Å². The Morgan fingerprint density at radius 2 is 1.56 bits per heavy atom. The summed E-state index contributed by atoms with van der Waals surface area (Å²) in [5, 5.41) is 8.23. The molecule has 0 aliphatic heterocycles. The van der Waals surface area contributed by atoms with Crippen LogP contribution in [-0.2, 0) is 0 Å². The normalized spacial score (nSPS) is 10.8. The van der Waals surface area contributed by atoms with Gasteiger partial charge in [-0.1, -0.05) is 29.8 Å². The Hall–Kier alpha value is -2.16. The number of nitrogens with zero attached hydrogens (tertiary/aromatic N) is 2. The van der Waals surface area contributed by atoms with Gasteiger partial charge in [0.25, 0.3) is 0 Å². The lowest BCUT2D eigenvalue weighted by Crippen LogP contribution is -1.82. The molecule has 80 valence electrons. The number of nitrogen functional groups attached to an aromatic ring is 1. The highest BCUT2D eigenvalue weighted by molar-refractivity contribution is 5.61. The molecule has 3 nitrogen and oxygen atoms in total. The molecule has 0 bridgehead atoms. The van der Waals surface area contributed by atoms with E-state index in [-0.39, 0.29) is 0 Å². The van der Waals surface area contributed by atoms with Crippen LogP contribution in [0.4, 0.5) is 17.1 Å². The van der Waals surface area contributed by atoms with Gasteiger partial charge in [-0.3, -0.25) is 0 Å². The van der Waals surface area contributed by atoms with Gasteiger partial charge in [0.05, 0.1) is 11.4 Å². The Labute approximate surface area is 94.6 Å². The molecule has 0 fully saturated rings. The fourth-order valence-corrected chi connectivity index (χ4v) is 1.30. The summed E-state index contributed by atoms with van der Waals surface area (Å²) >= 11 is 0. The number of anilines is 1. The monoisotopic (exact) mass is 211 g/mol. The van der Waals surface area contributed by atoms with E-state index in [2.05, 4.69) is 10.2 Å². The largest absolute Gasteiger partial charge is 0.397 e. The molecule has 0 aliphatic rings. The van der Waals surface area contributed by atoms with Gasteiger partial charge in [-0.15, -0.1) is 5.11 Å². The van der Waals surface area contributed by atoms with Crippen molar-refractivity contribution in [3.8, 4) is 0 Å². The molecule has 0 spiro atoms. The minimum Gasteiger partial charge on any atom is -0.397 e. The number of aryl methyl sites for hydroxylation is 1. The predicted octanol–water partition coefficient (Wildman–Crippen LogP) is 3.99. The van der Waals surface area contributed by atoms with Crippen LogP contribution in [0.2, 0.25) is 0 Å². The highest BCUT2D eigenvalue weighted by Gasteiger charge is 1.94. The van der Waals surface area contributed by atoms with Crippen LogP contribution in [0.25, 0.3) is 0 Å². The molecule has 0 saturated heterocycles. The van der Waals surface area contributed by atoms with Crippen LogP contribution in [0.5, 0.6) is 0 Å². The first-order chi connectivity index (χ1) is 7.75. The fraction of sp³-hybridized carbons (Fsp3) is 0.0769. The molecular weight excluding hydrogens is 198 g/mol. The van der Waals surface area contributed by atoms with Crippen LogP contribution in [0, 0.1) is 6.92 Å². The first-order valence-electron chi connectivity index (χ1n) is 5.08. The number of benzene rings is 2. The van der Waals surface area contributed by atoms with E-state index < -0.39 is 0 Å². The molecule has 0 unspecified atom stereocenters. The zero-order chi connectivity index (χ0) is 11.4. The molecule has 3 heteroatoms. The van der Waals surface area contributed by atoms with Gasteiger partial charge in [0.15, 0.2) is 0 Å². The van der Waals surface area contributed by atoms with Gasteiger partial charge in [0.2, 0.25) is 0 Å². The van der Waals surface area contributed by atoms with E-state index >= 15 is 0 Å². The Morgan fingerprint density at radius 3 is 2.25 bits per heavy atom. The molecule has 2 rings (SSSR count). The molecule has 2 aromatic carbocycles. The van der Waals surface area contributed by atoms with Crippen LogP contribution in [0.1, 0.15) is 5.56 Å². The minimum atomic E-state index is 0.637. The second-order valence-corrected chi connectivity index (χ2v) is 3.59. The SMILES string of the molecule is Cc1ccc(N=Nc2ccccc2N)cc1. The number of azo groups is 1. The quantitative estimate of drug-likeness (QED) is 0.592. The van der Waals surface area contributed by atoms with Gasteiger partial charge >= 0.3 is 0 Å². The first kappa shape index (κ1) is 10.4. The van der Waals surface area contributed by atoms with Crippen LogP contribution in [0.3, 0.4) is 0 Å². The maximum atomic E-state index is 5.76. The molecular formula is C13H13N3. The van der Waals surface area contributed by atoms with Gasteiger partial charge in [0, 0.05) is 0 Å². The summed E-state index contributed by atoms with van der Waals surface area (Å²) in [6.45, 7) is 2.04. The zero-order valence-electron chi connectivity index (χ0n) is 9.09. The lowest BCUT2D eigenvalue weighted by molar-refractivity contribution is 1.23. The van der Waals surface area contributed by atoms with Crippen molar-refractivity contribution >= 4 is 17.1 Å². The molecule has 16 heavy (non-hydrogen) atoms. The maximum absolute atomic E-state index is 5.76. The van der Waals surface area contributed by atoms with Crippen molar-refractivity contribution in [1.29, 1.82) is 0 Å². The summed E-state index contributed by atoms with van der Waals surface area (Å²) < 4.78 is 0. The molecule has 2 N–H and O–H groups in total. The van der Waals surface area contributed by atoms with E-state index in [1.54, 1.807) is 0 Å². The molecule has 0 atom stereocenters. The summed E-state index contributed by atoms with van der Waals surface area (Å²) in [7, 11) is 0. The summed E-state index contributed by atoms with van der Waals surface area (Å²) in [6, 6.07) is 15.3. The molecule has 0 aromatic heterocycles. The van der Waals surface area contributed by atoms with Crippen LogP contribution in [0.15, 0.2) is 58.8 Å². The summed E-state index contributed by atoms with van der Waals surface area (Å²) in [4.78, 5) is 0. The van der Waals surface area contributed by atoms with Crippen molar-refractivity contribution in [2.45, 2.75) is 6.92 Å². The van der Waals surface area contributed by atoms with Gasteiger partial charge in [-0.25, -0.2) is 0 Å². The van der Waals surface area contributed by atoms with E-state index in [0.717, 1.165) is 5.69 Å². The molecule has 0 aliphatic carbocycles. The van der Waals surface area contributed by atoms with Crippen molar-refractivity contribution in [2.75, 3.05) is 5.73 Å². The van der Waals surface area contributed by atoms with Crippen molar-refractivity contribution in [3.05, 3.63) is 54.1 Å². The van der Waals surface area contributed by atoms with E-state index in [0.29, 0.717) is 11.4 Å². The Kier molecular flexibility index (Phi) is 2.96.